The van der Waals surface area contributed by atoms with Crippen LogP contribution in [0.4, 0.5) is 11.4 Å². The SMILES string of the molecule is CCNC(=NCC(=O)N1CCCc2ccccc21)N1CCN(c2cnn(C)c2)C(=O)C1. The van der Waals surface area contributed by atoms with Crippen molar-refractivity contribution >= 4 is 29.1 Å². The maximum atomic E-state index is 12.9. The number of nitrogens with zero attached hydrogens (tertiary/aromatic N) is 6. The van der Waals surface area contributed by atoms with Crippen LogP contribution in [0.2, 0.25) is 0 Å². The van der Waals surface area contributed by atoms with Crippen LogP contribution < -0.4 is 15.1 Å². The van der Waals surface area contributed by atoms with Gasteiger partial charge < -0.3 is 20.0 Å². The van der Waals surface area contributed by atoms with Crippen LogP contribution in [0.5, 0.6) is 0 Å². The van der Waals surface area contributed by atoms with Crippen molar-refractivity contribution in [3.63, 3.8) is 0 Å². The summed E-state index contributed by atoms with van der Waals surface area (Å²) in [6.07, 6.45) is 5.48. The lowest BCUT2D eigenvalue weighted by atomic mass is 10.0. The Hall–Kier alpha value is -3.36. The minimum atomic E-state index is -0.0251. The van der Waals surface area contributed by atoms with Crippen molar-refractivity contribution in [1.29, 1.82) is 0 Å². The number of para-hydroxylation sites is 1. The molecule has 0 atom stereocenters. The number of carbonyl (C=O) groups excluding carboxylic acids is 2. The third kappa shape index (κ3) is 4.55. The van der Waals surface area contributed by atoms with Crippen molar-refractivity contribution in [2.45, 2.75) is 19.8 Å². The number of hydrogen-bond donors (Lipinski definition) is 1. The summed E-state index contributed by atoms with van der Waals surface area (Å²) in [7, 11) is 1.83. The summed E-state index contributed by atoms with van der Waals surface area (Å²) in [6.45, 7) is 4.79. The fraction of sp³-hybridized carbons (Fsp3) is 0.455. The van der Waals surface area contributed by atoms with E-state index in [9.17, 15) is 9.59 Å². The number of rotatable bonds is 4. The molecule has 164 valence electrons. The number of anilines is 2. The number of benzene rings is 1. The van der Waals surface area contributed by atoms with Crippen LogP contribution in [-0.4, -0.2) is 71.7 Å². The van der Waals surface area contributed by atoms with Crippen molar-refractivity contribution in [1.82, 2.24) is 20.0 Å². The average molecular weight is 424 g/mol. The highest BCUT2D eigenvalue weighted by molar-refractivity contribution is 5.99. The number of piperazine rings is 1. The van der Waals surface area contributed by atoms with E-state index in [0.717, 1.165) is 24.2 Å². The number of aromatic nitrogens is 2. The topological polar surface area (TPSA) is 86.1 Å². The van der Waals surface area contributed by atoms with Gasteiger partial charge in [-0.3, -0.25) is 14.3 Å². The van der Waals surface area contributed by atoms with Crippen LogP contribution in [0.1, 0.15) is 18.9 Å². The zero-order valence-corrected chi connectivity index (χ0v) is 18.1. The molecule has 1 aromatic carbocycles. The van der Waals surface area contributed by atoms with Gasteiger partial charge in [0, 0.05) is 45.1 Å². The van der Waals surface area contributed by atoms with E-state index in [-0.39, 0.29) is 24.9 Å². The molecule has 3 heterocycles. The molecule has 0 radical (unpaired) electrons. The fourth-order valence-electron chi connectivity index (χ4n) is 4.12. The predicted octanol–water partition coefficient (Wildman–Crippen LogP) is 1.01. The normalized spacial score (nSPS) is 17.0. The Morgan fingerprint density at radius 3 is 2.81 bits per heavy atom. The first-order valence-electron chi connectivity index (χ1n) is 10.8. The van der Waals surface area contributed by atoms with Crippen LogP contribution in [0.25, 0.3) is 0 Å². The summed E-state index contributed by atoms with van der Waals surface area (Å²) >= 11 is 0. The maximum Gasteiger partial charge on any atom is 0.248 e. The number of carbonyl (C=O) groups is 2. The largest absolute Gasteiger partial charge is 0.356 e. The van der Waals surface area contributed by atoms with Gasteiger partial charge in [-0.05, 0) is 31.4 Å². The zero-order chi connectivity index (χ0) is 21.8. The number of fused-ring (bicyclic) bond motifs is 1. The lowest BCUT2D eigenvalue weighted by Crippen LogP contribution is -2.55. The van der Waals surface area contributed by atoms with Gasteiger partial charge >= 0.3 is 0 Å². The van der Waals surface area contributed by atoms with Gasteiger partial charge in [-0.15, -0.1) is 0 Å². The molecule has 9 nitrogen and oxygen atoms in total. The second-order valence-electron chi connectivity index (χ2n) is 7.79. The van der Waals surface area contributed by atoms with E-state index < -0.39 is 0 Å². The Morgan fingerprint density at radius 1 is 1.23 bits per heavy atom. The Labute approximate surface area is 182 Å². The first-order valence-corrected chi connectivity index (χ1v) is 10.8. The summed E-state index contributed by atoms with van der Waals surface area (Å²) in [5.74, 6) is 0.560. The Kier molecular flexibility index (Phi) is 6.20. The molecule has 0 aliphatic carbocycles. The molecule has 1 saturated heterocycles. The van der Waals surface area contributed by atoms with Gasteiger partial charge in [-0.2, -0.15) is 5.10 Å². The molecule has 2 aliphatic heterocycles. The Balaban J connectivity index is 1.43. The minimum Gasteiger partial charge on any atom is -0.356 e. The number of aliphatic imine (C=N–C) groups is 1. The number of aryl methyl sites for hydroxylation is 2. The van der Waals surface area contributed by atoms with E-state index >= 15 is 0 Å². The third-order valence-corrected chi connectivity index (χ3v) is 5.63. The Morgan fingerprint density at radius 2 is 2.06 bits per heavy atom. The fourth-order valence-corrected chi connectivity index (χ4v) is 4.12. The van der Waals surface area contributed by atoms with Crippen LogP contribution in [-0.2, 0) is 23.1 Å². The molecule has 1 N–H and O–H groups in total. The first-order chi connectivity index (χ1) is 15.1. The van der Waals surface area contributed by atoms with E-state index in [1.54, 1.807) is 15.8 Å². The van der Waals surface area contributed by atoms with Crippen LogP contribution >= 0.6 is 0 Å². The van der Waals surface area contributed by atoms with E-state index in [4.69, 9.17) is 0 Å². The van der Waals surface area contributed by atoms with Gasteiger partial charge in [0.25, 0.3) is 0 Å². The second-order valence-corrected chi connectivity index (χ2v) is 7.79. The summed E-state index contributed by atoms with van der Waals surface area (Å²) in [5, 5.41) is 7.38. The van der Waals surface area contributed by atoms with Gasteiger partial charge in [0.05, 0.1) is 11.9 Å². The van der Waals surface area contributed by atoms with Gasteiger partial charge in [-0.25, -0.2) is 4.99 Å². The zero-order valence-electron chi connectivity index (χ0n) is 18.1. The van der Waals surface area contributed by atoms with E-state index in [2.05, 4.69) is 21.5 Å². The Bertz CT molecular complexity index is 984. The highest BCUT2D eigenvalue weighted by Gasteiger charge is 2.28. The van der Waals surface area contributed by atoms with Crippen molar-refractivity contribution in [2.75, 3.05) is 49.1 Å². The van der Waals surface area contributed by atoms with Gasteiger partial charge in [-0.1, -0.05) is 18.2 Å². The summed E-state index contributed by atoms with van der Waals surface area (Å²) in [6, 6.07) is 8.05. The van der Waals surface area contributed by atoms with Crippen LogP contribution in [0.3, 0.4) is 0 Å². The molecule has 2 aromatic rings. The molecule has 2 amide bonds. The highest BCUT2D eigenvalue weighted by Crippen LogP contribution is 2.26. The second kappa shape index (κ2) is 9.20. The standard InChI is InChI=1S/C22H29N7O2/c1-3-23-22(27-11-12-28(21(31)16-27)18-13-25-26(2)15-18)24-14-20(30)29-10-6-8-17-7-4-5-9-19(17)29/h4-5,7,9,13,15H,3,6,8,10-12,14,16H2,1-2H3,(H,23,24). The van der Waals surface area contributed by atoms with Crippen molar-refractivity contribution in [3.05, 3.63) is 42.2 Å². The lowest BCUT2D eigenvalue weighted by molar-refractivity contribution is -0.120. The first kappa shape index (κ1) is 20.9. The quantitative estimate of drug-likeness (QED) is 0.586. The summed E-state index contributed by atoms with van der Waals surface area (Å²) < 4.78 is 1.69. The van der Waals surface area contributed by atoms with Crippen molar-refractivity contribution < 1.29 is 9.59 Å². The molecule has 0 unspecified atom stereocenters. The molecule has 0 saturated carbocycles. The van der Waals surface area contributed by atoms with Crippen LogP contribution in [0, 0.1) is 0 Å². The molecular weight excluding hydrogens is 394 g/mol. The minimum absolute atomic E-state index is 0.0128. The maximum absolute atomic E-state index is 12.9. The molecule has 0 bridgehead atoms. The van der Waals surface area contributed by atoms with Gasteiger partial charge in [0.2, 0.25) is 11.8 Å². The van der Waals surface area contributed by atoms with E-state index in [1.807, 2.05) is 48.2 Å². The lowest BCUT2D eigenvalue weighted by Gasteiger charge is -2.35. The van der Waals surface area contributed by atoms with Crippen molar-refractivity contribution in [3.8, 4) is 0 Å². The van der Waals surface area contributed by atoms with Gasteiger partial charge in [0.15, 0.2) is 5.96 Å². The number of guanidine groups is 1. The summed E-state index contributed by atoms with van der Waals surface area (Å²) in [5.41, 5.74) is 2.99. The summed E-state index contributed by atoms with van der Waals surface area (Å²) in [4.78, 5) is 35.7. The molecule has 9 heteroatoms. The average Bonchev–Trinajstić information content (AvgIpc) is 3.21. The third-order valence-electron chi connectivity index (χ3n) is 5.63. The molecule has 2 aliphatic rings. The monoisotopic (exact) mass is 423 g/mol. The predicted molar refractivity (Wildman–Crippen MR) is 120 cm³/mol. The van der Waals surface area contributed by atoms with E-state index in [1.165, 1.54) is 5.56 Å². The molecular formula is C22H29N7O2. The smallest absolute Gasteiger partial charge is 0.248 e. The molecule has 1 fully saturated rings. The van der Waals surface area contributed by atoms with E-state index in [0.29, 0.717) is 32.1 Å². The number of amides is 2. The highest BCUT2D eigenvalue weighted by atomic mass is 16.2. The number of hydrogen-bond acceptors (Lipinski definition) is 4. The molecule has 1 aromatic heterocycles. The molecule has 0 spiro atoms. The number of nitrogens with one attached hydrogen (secondary N) is 1. The molecule has 31 heavy (non-hydrogen) atoms. The van der Waals surface area contributed by atoms with Gasteiger partial charge in [0.1, 0.15) is 13.1 Å². The molecule has 4 rings (SSSR count). The van der Waals surface area contributed by atoms with Crippen LogP contribution in [0.15, 0.2) is 41.7 Å². The van der Waals surface area contributed by atoms with Crippen molar-refractivity contribution in [2.24, 2.45) is 12.0 Å².